The minimum Gasteiger partial charge on any atom is -0.274 e. The van der Waals surface area contributed by atoms with Gasteiger partial charge in [0.05, 0.1) is 11.4 Å². The summed E-state index contributed by atoms with van der Waals surface area (Å²) < 4.78 is 0. The second-order valence-electron chi connectivity index (χ2n) is 9.66. The van der Waals surface area contributed by atoms with E-state index in [1.54, 1.807) is 0 Å². The molecule has 32 heavy (non-hydrogen) atoms. The highest BCUT2D eigenvalue weighted by Crippen LogP contribution is 2.41. The summed E-state index contributed by atoms with van der Waals surface area (Å²) in [6.45, 7) is 17.0. The summed E-state index contributed by atoms with van der Waals surface area (Å²) >= 11 is 0. The van der Waals surface area contributed by atoms with Crippen LogP contribution in [0.4, 0.5) is 10.5 Å². The Morgan fingerprint density at radius 2 is 1.34 bits per heavy atom. The summed E-state index contributed by atoms with van der Waals surface area (Å²) in [5.41, 5.74) is 5.26. The number of aliphatic imine (C=N–C) groups is 1. The zero-order valence-corrected chi connectivity index (χ0v) is 20.8. The van der Waals surface area contributed by atoms with Crippen molar-refractivity contribution in [2.24, 2.45) is 4.99 Å². The maximum atomic E-state index is 14.0. The van der Waals surface area contributed by atoms with Crippen molar-refractivity contribution in [1.29, 1.82) is 0 Å². The Kier molecular flexibility index (Phi) is 7.22. The van der Waals surface area contributed by atoms with Crippen LogP contribution in [0.3, 0.4) is 0 Å². The van der Waals surface area contributed by atoms with Gasteiger partial charge in [-0.05, 0) is 62.3 Å². The number of carbonyl (C=O) groups excluding carboxylic acids is 1. The van der Waals surface area contributed by atoms with Gasteiger partial charge in [0.25, 0.3) is 0 Å². The molecular weight excluding hydrogens is 394 g/mol. The number of carbonyl (C=O) groups is 1. The van der Waals surface area contributed by atoms with Crippen molar-refractivity contribution < 1.29 is 4.79 Å². The summed E-state index contributed by atoms with van der Waals surface area (Å²) in [7, 11) is 0. The predicted octanol–water partition coefficient (Wildman–Crippen LogP) is 7.43. The molecule has 0 radical (unpaired) electrons. The molecule has 170 valence electrons. The highest BCUT2D eigenvalue weighted by Gasteiger charge is 2.43. The fourth-order valence-corrected chi connectivity index (χ4v) is 4.19. The van der Waals surface area contributed by atoms with Gasteiger partial charge in [-0.2, -0.15) is 0 Å². The topological polar surface area (TPSA) is 35.9 Å². The van der Waals surface area contributed by atoms with Crippen LogP contribution in [0.25, 0.3) is 6.08 Å². The Labute approximate surface area is 193 Å². The van der Waals surface area contributed by atoms with E-state index in [9.17, 15) is 4.79 Å². The fraction of sp³-hybridized carbons (Fsp3) is 0.429. The SMILES string of the molecule is CC(C)N=C1/C(=C/c2ccccc2)N(c2c(C(C)C)cccc2C(C)C)C(=O)N1C(C)C. The minimum absolute atomic E-state index is 0.00196. The van der Waals surface area contributed by atoms with Gasteiger partial charge in [0.1, 0.15) is 0 Å². The van der Waals surface area contributed by atoms with E-state index in [-0.39, 0.29) is 30.0 Å². The van der Waals surface area contributed by atoms with Gasteiger partial charge in [-0.3, -0.25) is 14.8 Å². The molecule has 4 heteroatoms. The molecule has 0 unspecified atom stereocenters. The predicted molar refractivity (Wildman–Crippen MR) is 136 cm³/mol. The highest BCUT2D eigenvalue weighted by atomic mass is 16.2. The van der Waals surface area contributed by atoms with E-state index in [0.29, 0.717) is 0 Å². The molecule has 0 bridgehead atoms. The van der Waals surface area contributed by atoms with E-state index >= 15 is 0 Å². The summed E-state index contributed by atoms with van der Waals surface area (Å²) in [6.07, 6.45) is 2.10. The molecule has 2 aromatic carbocycles. The number of urea groups is 1. The number of hydrogen-bond acceptors (Lipinski definition) is 2. The van der Waals surface area contributed by atoms with Crippen LogP contribution in [0, 0.1) is 0 Å². The average molecular weight is 432 g/mol. The highest BCUT2D eigenvalue weighted by molar-refractivity contribution is 6.26. The van der Waals surface area contributed by atoms with Crippen LogP contribution in [0.1, 0.15) is 83.9 Å². The zero-order chi connectivity index (χ0) is 23.6. The van der Waals surface area contributed by atoms with Gasteiger partial charge >= 0.3 is 6.03 Å². The van der Waals surface area contributed by atoms with Gasteiger partial charge in [-0.25, -0.2) is 4.79 Å². The van der Waals surface area contributed by atoms with Crippen molar-refractivity contribution in [2.75, 3.05) is 4.90 Å². The van der Waals surface area contributed by atoms with E-state index in [1.807, 2.05) is 28.0 Å². The van der Waals surface area contributed by atoms with Crippen molar-refractivity contribution in [3.8, 4) is 0 Å². The van der Waals surface area contributed by atoms with E-state index in [4.69, 9.17) is 4.99 Å². The van der Waals surface area contributed by atoms with E-state index < -0.39 is 0 Å². The number of amidine groups is 1. The number of nitrogens with zero attached hydrogens (tertiary/aromatic N) is 3. The van der Waals surface area contributed by atoms with Crippen molar-refractivity contribution in [1.82, 2.24) is 4.90 Å². The number of amides is 2. The standard InChI is InChI=1S/C28H37N3O/c1-18(2)23-15-12-16-24(19(3)4)26(23)31-25(17-22-13-10-9-11-14-22)27(29-20(5)6)30(21(7)8)28(31)32/h9-21H,1-8H3/b25-17-,29-27?. The van der Waals surface area contributed by atoms with Gasteiger partial charge in [0, 0.05) is 12.1 Å². The molecule has 4 nitrogen and oxygen atoms in total. The first-order chi connectivity index (χ1) is 15.1. The first-order valence-electron chi connectivity index (χ1n) is 11.7. The van der Waals surface area contributed by atoms with E-state index in [1.165, 1.54) is 11.1 Å². The van der Waals surface area contributed by atoms with Crippen LogP contribution in [-0.2, 0) is 0 Å². The summed E-state index contributed by atoms with van der Waals surface area (Å²) in [5.74, 6) is 1.32. The van der Waals surface area contributed by atoms with Crippen molar-refractivity contribution in [3.05, 3.63) is 70.9 Å². The third kappa shape index (κ3) is 4.64. The smallest absolute Gasteiger partial charge is 0.274 e. The molecule has 1 saturated heterocycles. The molecule has 0 saturated carbocycles. The lowest BCUT2D eigenvalue weighted by atomic mass is 9.91. The van der Waals surface area contributed by atoms with Gasteiger partial charge in [0.2, 0.25) is 0 Å². The Balaban J connectivity index is 2.37. The van der Waals surface area contributed by atoms with Crippen molar-refractivity contribution in [2.45, 2.75) is 79.3 Å². The maximum Gasteiger partial charge on any atom is 0.335 e. The number of para-hydroxylation sites is 1. The summed E-state index contributed by atoms with van der Waals surface area (Å²) in [4.78, 5) is 22.7. The zero-order valence-electron chi connectivity index (χ0n) is 20.8. The van der Waals surface area contributed by atoms with Crippen LogP contribution in [0.15, 0.2) is 59.2 Å². The molecule has 2 aromatic rings. The van der Waals surface area contributed by atoms with E-state index in [2.05, 4.69) is 91.8 Å². The van der Waals surface area contributed by atoms with E-state index in [0.717, 1.165) is 22.8 Å². The number of hydrogen-bond donors (Lipinski definition) is 0. The second kappa shape index (κ2) is 9.72. The Hall–Kier alpha value is -2.88. The molecule has 0 aromatic heterocycles. The lowest BCUT2D eigenvalue weighted by molar-refractivity contribution is 0.226. The first-order valence-corrected chi connectivity index (χ1v) is 11.7. The van der Waals surface area contributed by atoms with Gasteiger partial charge in [-0.15, -0.1) is 0 Å². The second-order valence-corrected chi connectivity index (χ2v) is 9.66. The molecule has 0 spiro atoms. The summed E-state index contributed by atoms with van der Waals surface area (Å²) in [5, 5.41) is 0. The van der Waals surface area contributed by atoms with Crippen LogP contribution in [0.2, 0.25) is 0 Å². The van der Waals surface area contributed by atoms with Crippen LogP contribution < -0.4 is 4.90 Å². The van der Waals surface area contributed by atoms with Crippen LogP contribution >= 0.6 is 0 Å². The molecule has 0 atom stereocenters. The molecule has 0 N–H and O–H groups in total. The van der Waals surface area contributed by atoms with Gasteiger partial charge in [-0.1, -0.05) is 76.2 Å². The third-order valence-corrected chi connectivity index (χ3v) is 5.66. The first kappa shape index (κ1) is 23.8. The molecule has 1 aliphatic rings. The normalized spacial score (nSPS) is 17.3. The summed E-state index contributed by atoms with van der Waals surface area (Å²) in [6, 6.07) is 16.6. The van der Waals surface area contributed by atoms with Crippen molar-refractivity contribution in [3.63, 3.8) is 0 Å². The van der Waals surface area contributed by atoms with Crippen LogP contribution in [-0.4, -0.2) is 28.9 Å². The Morgan fingerprint density at radius 1 is 0.781 bits per heavy atom. The van der Waals surface area contributed by atoms with Crippen LogP contribution in [0.5, 0.6) is 0 Å². The van der Waals surface area contributed by atoms with Gasteiger partial charge in [0.15, 0.2) is 5.84 Å². The quantitative estimate of drug-likeness (QED) is 0.468. The monoisotopic (exact) mass is 431 g/mol. The largest absolute Gasteiger partial charge is 0.335 e. The number of benzene rings is 2. The lowest BCUT2D eigenvalue weighted by Crippen LogP contribution is -2.39. The molecular formula is C28H37N3O. The molecule has 1 aliphatic heterocycles. The number of anilines is 1. The fourth-order valence-electron chi connectivity index (χ4n) is 4.19. The molecule has 2 amide bonds. The lowest BCUT2D eigenvalue weighted by Gasteiger charge is -2.27. The maximum absolute atomic E-state index is 14.0. The third-order valence-electron chi connectivity index (χ3n) is 5.66. The van der Waals surface area contributed by atoms with Gasteiger partial charge < -0.3 is 0 Å². The molecule has 1 fully saturated rings. The Bertz CT molecular complexity index is 990. The molecule has 1 heterocycles. The molecule has 0 aliphatic carbocycles. The average Bonchev–Trinajstić information content (AvgIpc) is 2.98. The minimum atomic E-state index is -0.0309. The van der Waals surface area contributed by atoms with Crippen molar-refractivity contribution >= 4 is 23.6 Å². The Morgan fingerprint density at radius 3 is 1.81 bits per heavy atom. The molecule has 3 rings (SSSR count). The number of rotatable bonds is 6.